The van der Waals surface area contributed by atoms with Crippen molar-refractivity contribution >= 4 is 0 Å². The maximum Gasteiger partial charge on any atom is 0.0701 e. The third kappa shape index (κ3) is 29.3. The Kier molecular flexibility index (Phi) is 29.7. The average molecular weight is 453 g/mol. The van der Waals surface area contributed by atoms with Gasteiger partial charge in [0.15, 0.2) is 0 Å². The number of rotatable bonds is 29. The zero-order valence-electron chi connectivity index (χ0n) is 21.4. The van der Waals surface area contributed by atoms with Crippen LogP contribution >= 0.6 is 0 Å². The fraction of sp³-hybridized carbons (Fsp3) is 0.857. The molecule has 0 aromatic rings. The molecule has 0 bridgehead atoms. The Balaban J connectivity index is 2.99. The molecule has 0 fully saturated rings. The van der Waals surface area contributed by atoms with Crippen LogP contribution in [0.2, 0.25) is 0 Å². The van der Waals surface area contributed by atoms with E-state index in [1.54, 1.807) is 0 Å². The molecule has 0 amide bonds. The van der Waals surface area contributed by atoms with Crippen LogP contribution in [0.4, 0.5) is 0 Å². The van der Waals surface area contributed by atoms with Gasteiger partial charge in [0, 0.05) is 13.1 Å². The van der Waals surface area contributed by atoms with Crippen LogP contribution in [0, 0.1) is 0 Å². The number of ether oxygens (including phenoxy) is 2. The predicted molar refractivity (Wildman–Crippen MR) is 142 cm³/mol. The highest BCUT2D eigenvalue weighted by molar-refractivity contribution is 4.66. The van der Waals surface area contributed by atoms with Gasteiger partial charge in [0.1, 0.15) is 0 Å². The number of nitrogens with one attached hydrogen (secondary N) is 2. The third-order valence-corrected chi connectivity index (χ3v) is 5.74. The molecule has 0 aromatic heterocycles. The number of unbranched alkanes of at least 4 members (excludes halogenated alkanes) is 14. The summed E-state index contributed by atoms with van der Waals surface area (Å²) in [6.45, 7) is 14.6. The van der Waals surface area contributed by atoms with E-state index in [-0.39, 0.29) is 0 Å². The summed E-state index contributed by atoms with van der Waals surface area (Å²) in [6.07, 6.45) is 25.2. The zero-order valence-corrected chi connectivity index (χ0v) is 21.4. The van der Waals surface area contributed by atoms with Gasteiger partial charge in [-0.15, -0.1) is 13.2 Å². The van der Waals surface area contributed by atoms with Gasteiger partial charge in [-0.2, -0.15) is 0 Å². The summed E-state index contributed by atoms with van der Waals surface area (Å²) in [4.78, 5) is 0. The van der Waals surface area contributed by atoms with E-state index < -0.39 is 0 Å². The minimum absolute atomic E-state index is 0.695. The minimum atomic E-state index is 0.695. The molecule has 0 unspecified atom stereocenters. The quantitative estimate of drug-likeness (QED) is 0.0966. The first-order chi connectivity index (χ1) is 15.9. The third-order valence-electron chi connectivity index (χ3n) is 5.74. The van der Waals surface area contributed by atoms with Gasteiger partial charge in [0.25, 0.3) is 0 Å². The molecule has 0 radical (unpaired) electrons. The lowest BCUT2D eigenvalue weighted by Gasteiger charge is -2.08. The van der Waals surface area contributed by atoms with E-state index in [1.165, 1.54) is 103 Å². The van der Waals surface area contributed by atoms with Gasteiger partial charge in [-0.3, -0.25) is 0 Å². The van der Waals surface area contributed by atoms with E-state index in [0.29, 0.717) is 13.2 Å². The van der Waals surface area contributed by atoms with Crippen LogP contribution in [0.3, 0.4) is 0 Å². The van der Waals surface area contributed by atoms with Crippen LogP contribution in [0.15, 0.2) is 25.3 Å². The number of hydrogen-bond acceptors (Lipinski definition) is 4. The molecular weight excluding hydrogens is 396 g/mol. The van der Waals surface area contributed by atoms with Crippen molar-refractivity contribution in [3.8, 4) is 0 Å². The maximum absolute atomic E-state index is 5.62. The molecule has 32 heavy (non-hydrogen) atoms. The molecule has 2 N–H and O–H groups in total. The van der Waals surface area contributed by atoms with Crippen LogP contribution in [0.1, 0.15) is 103 Å². The van der Waals surface area contributed by atoms with Gasteiger partial charge in [0.2, 0.25) is 0 Å². The van der Waals surface area contributed by atoms with Crippen LogP contribution < -0.4 is 10.6 Å². The molecule has 0 atom stereocenters. The van der Waals surface area contributed by atoms with Crippen molar-refractivity contribution in [1.29, 1.82) is 0 Å². The van der Waals surface area contributed by atoms with Crippen molar-refractivity contribution in [3.63, 3.8) is 0 Å². The molecule has 0 rings (SSSR count). The van der Waals surface area contributed by atoms with Crippen molar-refractivity contribution in [3.05, 3.63) is 25.3 Å². The summed E-state index contributed by atoms with van der Waals surface area (Å²) in [6, 6.07) is 0. The zero-order chi connectivity index (χ0) is 23.2. The summed E-state index contributed by atoms with van der Waals surface area (Å²) < 4.78 is 11.2. The maximum atomic E-state index is 5.62. The standard InChI is InChI=1S/C28H56N2O2/c1-3-5-7-9-11-13-15-17-19-21-29-23-25-31-27-28-32-26-24-30-22-20-18-16-14-12-10-8-6-4-2/h3-4,29-30H,1-2,5-28H2. The molecule has 0 aliphatic rings. The monoisotopic (exact) mass is 452 g/mol. The molecular formula is C28H56N2O2. The largest absolute Gasteiger partial charge is 0.378 e. The van der Waals surface area contributed by atoms with E-state index in [9.17, 15) is 0 Å². The van der Waals surface area contributed by atoms with Crippen LogP contribution in [-0.2, 0) is 9.47 Å². The first-order valence-corrected chi connectivity index (χ1v) is 13.7. The van der Waals surface area contributed by atoms with Crippen molar-refractivity contribution in [2.75, 3.05) is 52.6 Å². The van der Waals surface area contributed by atoms with E-state index >= 15 is 0 Å². The first-order valence-electron chi connectivity index (χ1n) is 13.7. The molecule has 0 aliphatic heterocycles. The molecule has 0 aromatic carbocycles. The molecule has 4 nitrogen and oxygen atoms in total. The van der Waals surface area contributed by atoms with Crippen molar-refractivity contribution < 1.29 is 9.47 Å². The Labute approximate surface area is 201 Å². The molecule has 0 saturated heterocycles. The fourth-order valence-corrected chi connectivity index (χ4v) is 3.71. The van der Waals surface area contributed by atoms with Gasteiger partial charge in [-0.25, -0.2) is 0 Å². The molecule has 0 saturated carbocycles. The summed E-state index contributed by atoms with van der Waals surface area (Å²) >= 11 is 0. The highest BCUT2D eigenvalue weighted by Crippen LogP contribution is 2.09. The molecule has 0 aliphatic carbocycles. The van der Waals surface area contributed by atoms with Gasteiger partial charge >= 0.3 is 0 Å². The van der Waals surface area contributed by atoms with Crippen molar-refractivity contribution in [2.45, 2.75) is 103 Å². The van der Waals surface area contributed by atoms with Gasteiger partial charge < -0.3 is 20.1 Å². The summed E-state index contributed by atoms with van der Waals surface area (Å²) in [5.41, 5.74) is 0. The fourth-order valence-electron chi connectivity index (χ4n) is 3.71. The van der Waals surface area contributed by atoms with Crippen molar-refractivity contribution in [1.82, 2.24) is 10.6 Å². The smallest absolute Gasteiger partial charge is 0.0701 e. The SMILES string of the molecule is C=CCCCCCCCCCNCCOCCOCCNCCCCCCCCCC=C. The topological polar surface area (TPSA) is 42.5 Å². The highest BCUT2D eigenvalue weighted by atomic mass is 16.5. The Morgan fingerprint density at radius 1 is 0.406 bits per heavy atom. The van der Waals surface area contributed by atoms with E-state index in [2.05, 4.69) is 23.8 Å². The van der Waals surface area contributed by atoms with E-state index in [0.717, 1.165) is 39.4 Å². The Hall–Kier alpha value is -0.680. The second kappa shape index (κ2) is 30.3. The van der Waals surface area contributed by atoms with Crippen LogP contribution in [0.25, 0.3) is 0 Å². The molecule has 0 heterocycles. The minimum Gasteiger partial charge on any atom is -0.378 e. The molecule has 4 heteroatoms. The first kappa shape index (κ1) is 31.3. The molecule has 0 spiro atoms. The second-order valence-electron chi connectivity index (χ2n) is 8.83. The Morgan fingerprint density at radius 3 is 1.12 bits per heavy atom. The van der Waals surface area contributed by atoms with Crippen molar-refractivity contribution in [2.24, 2.45) is 0 Å². The Morgan fingerprint density at radius 2 is 0.750 bits per heavy atom. The Bertz CT molecular complexity index is 329. The second-order valence-corrected chi connectivity index (χ2v) is 8.83. The van der Waals surface area contributed by atoms with Gasteiger partial charge in [-0.05, 0) is 51.6 Å². The van der Waals surface area contributed by atoms with Gasteiger partial charge in [-0.1, -0.05) is 76.4 Å². The van der Waals surface area contributed by atoms with Crippen LogP contribution in [-0.4, -0.2) is 52.6 Å². The lowest BCUT2D eigenvalue weighted by Crippen LogP contribution is -2.23. The van der Waals surface area contributed by atoms with Gasteiger partial charge in [0.05, 0.1) is 26.4 Å². The highest BCUT2D eigenvalue weighted by Gasteiger charge is 1.95. The number of allylic oxidation sites excluding steroid dienone is 2. The summed E-state index contributed by atoms with van der Waals surface area (Å²) in [5, 5.41) is 6.94. The van der Waals surface area contributed by atoms with E-state index in [1.807, 2.05) is 12.2 Å². The summed E-state index contributed by atoms with van der Waals surface area (Å²) in [7, 11) is 0. The predicted octanol–water partition coefficient (Wildman–Crippen LogP) is 6.81. The van der Waals surface area contributed by atoms with Crippen LogP contribution in [0.5, 0.6) is 0 Å². The lowest BCUT2D eigenvalue weighted by molar-refractivity contribution is 0.0499. The van der Waals surface area contributed by atoms with E-state index in [4.69, 9.17) is 9.47 Å². The lowest BCUT2D eigenvalue weighted by atomic mass is 10.1. The normalized spacial score (nSPS) is 11.1. The number of hydrogen-bond donors (Lipinski definition) is 2. The summed E-state index contributed by atoms with van der Waals surface area (Å²) in [5.74, 6) is 0. The average Bonchev–Trinajstić information content (AvgIpc) is 2.81. The molecule has 190 valence electrons.